The molecular weight excluding hydrogens is 202 g/mol. The van der Waals surface area contributed by atoms with Gasteiger partial charge in [-0.3, -0.25) is 0 Å². The van der Waals surface area contributed by atoms with Gasteiger partial charge in [0.05, 0.1) is 0 Å². The maximum atomic E-state index is 5.75. The summed E-state index contributed by atoms with van der Waals surface area (Å²) in [6.45, 7) is 3.16. The monoisotopic (exact) mass is 225 g/mol. The Labute approximate surface area is 97.6 Å². The Morgan fingerprint density at radius 1 is 1.07 bits per heavy atom. The highest BCUT2D eigenvalue weighted by Gasteiger charge is 2.48. The fourth-order valence-corrected chi connectivity index (χ4v) is 5.96. The average Bonchev–Trinajstić information content (AvgIpc) is 2.22. The normalized spacial score (nSPS) is 49.6. The van der Waals surface area contributed by atoms with Crippen LogP contribution in [0.3, 0.4) is 0 Å². The zero-order valence-corrected chi connectivity index (χ0v) is 10.5. The second-order valence-electron chi connectivity index (χ2n) is 6.08. The minimum Gasteiger partial charge on any atom is -0.329 e. The van der Waals surface area contributed by atoms with Gasteiger partial charge in [0.2, 0.25) is 0 Å². The molecule has 2 N–H and O–H groups in total. The van der Waals surface area contributed by atoms with Gasteiger partial charge in [-0.25, -0.2) is 0 Å². The Bertz CT molecular complexity index is 213. The number of rotatable bonds is 3. The van der Waals surface area contributed by atoms with Crippen LogP contribution in [0.2, 0.25) is 0 Å². The largest absolute Gasteiger partial charge is 0.329 e. The summed E-state index contributed by atoms with van der Waals surface area (Å²) in [5.74, 6) is 4.33. The topological polar surface area (TPSA) is 26.0 Å². The van der Waals surface area contributed by atoms with Gasteiger partial charge in [-0.15, -0.1) is 0 Å². The Kier molecular flexibility index (Phi) is 2.76. The van der Waals surface area contributed by atoms with Crippen LogP contribution in [0.25, 0.3) is 0 Å². The fraction of sp³-hybridized carbons (Fsp3) is 1.00. The third-order valence-corrected chi connectivity index (χ3v) is 6.60. The molecule has 1 unspecified atom stereocenters. The highest BCUT2D eigenvalue weighted by molar-refractivity contribution is 8.00. The van der Waals surface area contributed by atoms with E-state index < -0.39 is 0 Å². The molecule has 4 aliphatic carbocycles. The van der Waals surface area contributed by atoms with Crippen molar-refractivity contribution in [3.63, 3.8) is 0 Å². The molecule has 0 radical (unpaired) electrons. The lowest BCUT2D eigenvalue weighted by Gasteiger charge is -2.54. The van der Waals surface area contributed by atoms with Crippen molar-refractivity contribution in [1.29, 1.82) is 0 Å². The van der Waals surface area contributed by atoms with E-state index in [1.54, 1.807) is 32.1 Å². The molecule has 4 saturated carbocycles. The molecule has 4 aliphatic rings. The number of thioether (sulfide) groups is 1. The number of nitrogens with two attached hydrogens (primary N) is 1. The van der Waals surface area contributed by atoms with Gasteiger partial charge in [0.15, 0.2) is 0 Å². The van der Waals surface area contributed by atoms with Crippen LogP contribution in [0.1, 0.15) is 39.0 Å². The lowest BCUT2D eigenvalue weighted by atomic mass is 9.56. The third-order valence-electron chi connectivity index (χ3n) is 4.86. The van der Waals surface area contributed by atoms with E-state index in [-0.39, 0.29) is 0 Å². The van der Waals surface area contributed by atoms with Crippen molar-refractivity contribution in [1.82, 2.24) is 0 Å². The van der Waals surface area contributed by atoms with Crippen molar-refractivity contribution in [2.45, 2.75) is 49.5 Å². The Hall–Kier alpha value is 0.310. The first kappa shape index (κ1) is 10.5. The Morgan fingerprint density at radius 3 is 2.07 bits per heavy atom. The van der Waals surface area contributed by atoms with Crippen LogP contribution in [0.15, 0.2) is 0 Å². The summed E-state index contributed by atoms with van der Waals surface area (Å²) in [6.07, 6.45) is 7.74. The van der Waals surface area contributed by atoms with Crippen molar-refractivity contribution in [2.24, 2.45) is 29.4 Å². The molecule has 4 fully saturated rings. The predicted molar refractivity (Wildman–Crippen MR) is 66.9 cm³/mol. The molecule has 15 heavy (non-hydrogen) atoms. The van der Waals surface area contributed by atoms with Crippen LogP contribution in [-0.2, 0) is 0 Å². The maximum Gasteiger partial charge on any atom is 0.0144 e. The van der Waals surface area contributed by atoms with Gasteiger partial charge >= 0.3 is 0 Å². The lowest BCUT2D eigenvalue weighted by Crippen LogP contribution is -2.47. The second-order valence-corrected chi connectivity index (χ2v) is 7.70. The molecule has 0 aromatic heterocycles. The molecule has 4 bridgehead atoms. The van der Waals surface area contributed by atoms with E-state index in [1.165, 1.54) is 0 Å². The first-order valence-corrected chi connectivity index (χ1v) is 7.56. The first-order valence-electron chi connectivity index (χ1n) is 6.61. The van der Waals surface area contributed by atoms with E-state index in [4.69, 9.17) is 5.73 Å². The van der Waals surface area contributed by atoms with Crippen molar-refractivity contribution in [2.75, 3.05) is 6.54 Å². The van der Waals surface area contributed by atoms with Gasteiger partial charge in [0.1, 0.15) is 0 Å². The minimum absolute atomic E-state index is 0.674. The molecule has 86 valence electrons. The summed E-state index contributed by atoms with van der Waals surface area (Å²) < 4.78 is 0. The van der Waals surface area contributed by atoms with E-state index in [9.17, 15) is 0 Å². The van der Waals surface area contributed by atoms with E-state index in [0.717, 1.165) is 35.5 Å². The smallest absolute Gasteiger partial charge is 0.0144 e. The molecule has 0 aromatic rings. The van der Waals surface area contributed by atoms with Crippen LogP contribution in [0, 0.1) is 23.7 Å². The number of hydrogen-bond donors (Lipinski definition) is 1. The van der Waals surface area contributed by atoms with Crippen LogP contribution in [-0.4, -0.2) is 17.0 Å². The lowest BCUT2D eigenvalue weighted by molar-refractivity contribution is 0.0266. The fourth-order valence-electron chi connectivity index (χ4n) is 4.42. The summed E-state index contributed by atoms with van der Waals surface area (Å²) >= 11 is 2.21. The molecule has 1 atom stereocenters. The van der Waals surface area contributed by atoms with Crippen LogP contribution >= 0.6 is 11.8 Å². The third kappa shape index (κ3) is 1.84. The quantitative estimate of drug-likeness (QED) is 0.799. The molecular formula is C13H23NS. The zero-order valence-electron chi connectivity index (χ0n) is 9.69. The van der Waals surface area contributed by atoms with Crippen molar-refractivity contribution >= 4 is 11.8 Å². The molecule has 0 amide bonds. The SMILES string of the molecule is CC(CN)SC1C2CC3CC(C2)CC1C3. The number of hydrogen-bond acceptors (Lipinski definition) is 2. The van der Waals surface area contributed by atoms with Gasteiger partial charge in [-0.2, -0.15) is 11.8 Å². The highest BCUT2D eigenvalue weighted by atomic mass is 32.2. The van der Waals surface area contributed by atoms with Crippen LogP contribution in [0.5, 0.6) is 0 Å². The average molecular weight is 225 g/mol. The van der Waals surface area contributed by atoms with Gasteiger partial charge in [0.25, 0.3) is 0 Å². The first-order chi connectivity index (χ1) is 7.26. The second kappa shape index (κ2) is 3.96. The highest BCUT2D eigenvalue weighted by Crippen LogP contribution is 2.57. The minimum atomic E-state index is 0.674. The van der Waals surface area contributed by atoms with Gasteiger partial charge < -0.3 is 5.73 Å². The van der Waals surface area contributed by atoms with E-state index >= 15 is 0 Å². The molecule has 0 saturated heterocycles. The summed E-state index contributed by atoms with van der Waals surface area (Å²) in [5.41, 5.74) is 5.75. The van der Waals surface area contributed by atoms with E-state index in [1.807, 2.05) is 0 Å². The molecule has 2 heteroatoms. The molecule has 0 spiro atoms. The Morgan fingerprint density at radius 2 is 1.60 bits per heavy atom. The summed E-state index contributed by atoms with van der Waals surface area (Å²) in [5, 5.41) is 1.64. The predicted octanol–water partition coefficient (Wildman–Crippen LogP) is 2.89. The van der Waals surface area contributed by atoms with E-state index in [0.29, 0.717) is 5.25 Å². The summed E-state index contributed by atoms with van der Waals surface area (Å²) in [4.78, 5) is 0. The van der Waals surface area contributed by atoms with Crippen LogP contribution in [0.4, 0.5) is 0 Å². The van der Waals surface area contributed by atoms with Gasteiger partial charge in [-0.1, -0.05) is 6.92 Å². The molecule has 1 nitrogen and oxygen atoms in total. The van der Waals surface area contributed by atoms with Gasteiger partial charge in [0, 0.05) is 17.0 Å². The molecule has 4 rings (SSSR count). The zero-order chi connectivity index (χ0) is 10.4. The molecule has 0 aliphatic heterocycles. The Balaban J connectivity index is 1.69. The van der Waals surface area contributed by atoms with Crippen molar-refractivity contribution in [3.8, 4) is 0 Å². The molecule has 0 heterocycles. The van der Waals surface area contributed by atoms with Crippen LogP contribution < -0.4 is 5.73 Å². The van der Waals surface area contributed by atoms with Crippen molar-refractivity contribution < 1.29 is 0 Å². The maximum absolute atomic E-state index is 5.75. The van der Waals surface area contributed by atoms with E-state index in [2.05, 4.69) is 18.7 Å². The summed E-state index contributed by atoms with van der Waals surface area (Å²) in [7, 11) is 0. The summed E-state index contributed by atoms with van der Waals surface area (Å²) in [6, 6.07) is 0. The van der Waals surface area contributed by atoms with Crippen molar-refractivity contribution in [3.05, 3.63) is 0 Å². The van der Waals surface area contributed by atoms with Gasteiger partial charge in [-0.05, 0) is 55.8 Å². The standard InChI is InChI=1S/C13H23NS/c1-8(7-14)15-13-11-3-9-2-10(5-11)6-12(13)4-9/h8-13H,2-7,14H2,1H3. The molecule has 0 aromatic carbocycles.